The lowest BCUT2D eigenvalue weighted by Crippen LogP contribution is -2.13. The van der Waals surface area contributed by atoms with E-state index in [2.05, 4.69) is 63.2 Å². The first-order valence-electron chi connectivity index (χ1n) is 5.62. The van der Waals surface area contributed by atoms with Gasteiger partial charge in [-0.1, -0.05) is 63.2 Å². The number of benzene rings is 2. The van der Waals surface area contributed by atoms with Gasteiger partial charge in [0.25, 0.3) is 0 Å². The van der Waals surface area contributed by atoms with Crippen LogP contribution in [0.5, 0.6) is 0 Å². The summed E-state index contributed by atoms with van der Waals surface area (Å²) in [5, 5.41) is 2.56. The zero-order valence-corrected chi connectivity index (χ0v) is 10.8. The molecule has 2 aromatic carbocycles. The Kier molecular flexibility index (Phi) is 2.94. The van der Waals surface area contributed by atoms with Crippen molar-refractivity contribution in [2.75, 3.05) is 0 Å². The van der Waals surface area contributed by atoms with E-state index < -0.39 is 0 Å². The van der Waals surface area contributed by atoms with Crippen LogP contribution in [0.4, 0.5) is 0 Å². The fraction of sp³-hybridized carbons (Fsp3) is 0.333. The van der Waals surface area contributed by atoms with E-state index in [0.29, 0.717) is 0 Å². The first-order valence-corrected chi connectivity index (χ1v) is 6.05. The van der Waals surface area contributed by atoms with E-state index in [1.807, 2.05) is 0 Å². The van der Waals surface area contributed by atoms with Crippen molar-refractivity contribution in [3.63, 3.8) is 0 Å². The minimum atomic E-state index is 0.0404. The topological polar surface area (TPSA) is 0 Å². The van der Waals surface area contributed by atoms with E-state index in [0.717, 1.165) is 0 Å². The fourth-order valence-corrected chi connectivity index (χ4v) is 2.13. The van der Waals surface area contributed by atoms with E-state index in [9.17, 15) is 0 Å². The molecule has 0 heterocycles. The van der Waals surface area contributed by atoms with Gasteiger partial charge in [0.2, 0.25) is 0 Å². The molecule has 0 amide bonds. The molecule has 0 fully saturated rings. The third-order valence-corrected chi connectivity index (χ3v) is 3.75. The first kappa shape index (κ1) is 11.5. The molecule has 0 aromatic heterocycles. The molecule has 0 spiro atoms. The molecule has 84 valence electrons. The van der Waals surface area contributed by atoms with Gasteiger partial charge in [-0.3, -0.25) is 0 Å². The predicted octanol–water partition coefficient (Wildman–Crippen LogP) is 5.17. The van der Waals surface area contributed by atoms with Gasteiger partial charge in [-0.05, 0) is 21.8 Å². The Morgan fingerprint density at radius 1 is 0.938 bits per heavy atom. The van der Waals surface area contributed by atoms with Crippen LogP contribution in [0.25, 0.3) is 10.8 Å². The molecule has 0 aliphatic heterocycles. The van der Waals surface area contributed by atoms with Crippen molar-refractivity contribution in [1.82, 2.24) is 0 Å². The SMILES string of the molecule is CC(C)(C)C(Cl)c1cccc2ccccc12. The van der Waals surface area contributed by atoms with Gasteiger partial charge in [0, 0.05) is 0 Å². The highest BCUT2D eigenvalue weighted by atomic mass is 35.5. The summed E-state index contributed by atoms with van der Waals surface area (Å²) in [6.07, 6.45) is 0. The second-order valence-corrected chi connectivity index (χ2v) is 5.73. The lowest BCUT2D eigenvalue weighted by molar-refractivity contribution is 0.397. The zero-order chi connectivity index (χ0) is 11.8. The van der Waals surface area contributed by atoms with Gasteiger partial charge in [-0.25, -0.2) is 0 Å². The average Bonchev–Trinajstić information content (AvgIpc) is 2.26. The minimum absolute atomic E-state index is 0.0404. The van der Waals surface area contributed by atoms with Crippen LogP contribution in [-0.2, 0) is 0 Å². The van der Waals surface area contributed by atoms with Gasteiger partial charge in [-0.15, -0.1) is 11.6 Å². The Morgan fingerprint density at radius 3 is 2.25 bits per heavy atom. The van der Waals surface area contributed by atoms with Crippen molar-refractivity contribution < 1.29 is 0 Å². The maximum atomic E-state index is 6.56. The smallest absolute Gasteiger partial charge is 0.0639 e. The van der Waals surface area contributed by atoms with Gasteiger partial charge in [-0.2, -0.15) is 0 Å². The molecular formula is C15H17Cl. The van der Waals surface area contributed by atoms with Gasteiger partial charge < -0.3 is 0 Å². The second-order valence-electron chi connectivity index (χ2n) is 5.30. The molecule has 16 heavy (non-hydrogen) atoms. The van der Waals surface area contributed by atoms with Crippen molar-refractivity contribution >= 4 is 22.4 Å². The monoisotopic (exact) mass is 232 g/mol. The highest BCUT2D eigenvalue weighted by molar-refractivity contribution is 6.22. The number of hydrogen-bond donors (Lipinski definition) is 0. The third-order valence-electron chi connectivity index (χ3n) is 2.86. The molecule has 0 aliphatic carbocycles. The third kappa shape index (κ3) is 2.08. The Bertz CT molecular complexity index is 489. The molecule has 2 aromatic rings. The first-order chi connectivity index (χ1) is 7.50. The summed E-state index contributed by atoms with van der Waals surface area (Å²) in [7, 11) is 0. The maximum Gasteiger partial charge on any atom is 0.0639 e. The van der Waals surface area contributed by atoms with Crippen LogP contribution in [0.2, 0.25) is 0 Å². The van der Waals surface area contributed by atoms with Crippen molar-refractivity contribution in [3.05, 3.63) is 48.0 Å². The number of rotatable bonds is 1. The maximum absolute atomic E-state index is 6.56. The number of fused-ring (bicyclic) bond motifs is 1. The Morgan fingerprint density at radius 2 is 1.56 bits per heavy atom. The molecule has 0 nitrogen and oxygen atoms in total. The summed E-state index contributed by atoms with van der Waals surface area (Å²) in [4.78, 5) is 0. The summed E-state index contributed by atoms with van der Waals surface area (Å²) in [5.74, 6) is 0. The summed E-state index contributed by atoms with van der Waals surface area (Å²) >= 11 is 6.56. The zero-order valence-electron chi connectivity index (χ0n) is 10.00. The standard InChI is InChI=1S/C15H17Cl/c1-15(2,3)14(16)13-10-6-8-11-7-4-5-9-12(11)13/h4-10,14H,1-3H3. The summed E-state index contributed by atoms with van der Waals surface area (Å²) in [6, 6.07) is 14.7. The summed E-state index contributed by atoms with van der Waals surface area (Å²) in [5.41, 5.74) is 1.30. The van der Waals surface area contributed by atoms with Gasteiger partial charge in [0.15, 0.2) is 0 Å². The normalized spacial score (nSPS) is 14.0. The van der Waals surface area contributed by atoms with E-state index in [1.54, 1.807) is 0 Å². The molecule has 1 unspecified atom stereocenters. The molecule has 0 radical (unpaired) electrons. The molecule has 0 aliphatic rings. The molecule has 1 heteroatoms. The minimum Gasteiger partial charge on any atom is -0.117 e. The highest BCUT2D eigenvalue weighted by Crippen LogP contribution is 2.41. The molecule has 0 saturated carbocycles. The van der Waals surface area contributed by atoms with E-state index in [4.69, 9.17) is 11.6 Å². The summed E-state index contributed by atoms with van der Waals surface area (Å²) in [6.45, 7) is 6.52. The Labute approximate surface area is 102 Å². The van der Waals surface area contributed by atoms with Crippen LogP contribution in [0.15, 0.2) is 42.5 Å². The van der Waals surface area contributed by atoms with Gasteiger partial charge in [0.05, 0.1) is 5.38 Å². The Hall–Kier alpha value is -1.01. The van der Waals surface area contributed by atoms with Crippen LogP contribution in [0.3, 0.4) is 0 Å². The van der Waals surface area contributed by atoms with Crippen molar-refractivity contribution in [1.29, 1.82) is 0 Å². The molecule has 0 bridgehead atoms. The lowest BCUT2D eigenvalue weighted by Gasteiger charge is -2.26. The van der Waals surface area contributed by atoms with E-state index >= 15 is 0 Å². The lowest BCUT2D eigenvalue weighted by atomic mass is 9.85. The molecule has 2 rings (SSSR count). The van der Waals surface area contributed by atoms with Crippen LogP contribution >= 0.6 is 11.6 Å². The van der Waals surface area contributed by atoms with E-state index in [1.165, 1.54) is 16.3 Å². The fourth-order valence-electron chi connectivity index (χ4n) is 1.94. The quantitative estimate of drug-likeness (QED) is 0.596. The number of alkyl halides is 1. The highest BCUT2D eigenvalue weighted by Gasteiger charge is 2.25. The van der Waals surface area contributed by atoms with Crippen molar-refractivity contribution in [3.8, 4) is 0 Å². The van der Waals surface area contributed by atoms with Crippen molar-refractivity contribution in [2.24, 2.45) is 5.41 Å². The predicted molar refractivity (Wildman–Crippen MR) is 72.0 cm³/mol. The largest absolute Gasteiger partial charge is 0.117 e. The van der Waals surface area contributed by atoms with Crippen molar-refractivity contribution in [2.45, 2.75) is 26.1 Å². The van der Waals surface area contributed by atoms with Gasteiger partial charge in [0.1, 0.15) is 0 Å². The average molecular weight is 233 g/mol. The second kappa shape index (κ2) is 4.10. The molecular weight excluding hydrogens is 216 g/mol. The van der Waals surface area contributed by atoms with E-state index in [-0.39, 0.29) is 10.8 Å². The number of halogens is 1. The Balaban J connectivity index is 2.61. The van der Waals surface area contributed by atoms with Crippen LogP contribution < -0.4 is 0 Å². The number of hydrogen-bond acceptors (Lipinski definition) is 0. The molecule has 0 saturated heterocycles. The van der Waals surface area contributed by atoms with Crippen LogP contribution in [0, 0.1) is 5.41 Å². The molecule has 0 N–H and O–H groups in total. The summed E-state index contributed by atoms with van der Waals surface area (Å²) < 4.78 is 0. The van der Waals surface area contributed by atoms with Crippen LogP contribution in [-0.4, -0.2) is 0 Å². The van der Waals surface area contributed by atoms with Gasteiger partial charge >= 0.3 is 0 Å². The van der Waals surface area contributed by atoms with Crippen LogP contribution in [0.1, 0.15) is 31.7 Å². The molecule has 1 atom stereocenters.